The van der Waals surface area contributed by atoms with Crippen molar-refractivity contribution in [2.75, 3.05) is 18.4 Å². The molecule has 1 atom stereocenters. The van der Waals surface area contributed by atoms with Crippen LogP contribution in [0.4, 0.5) is 5.13 Å². The first-order valence-corrected chi connectivity index (χ1v) is 11.4. The van der Waals surface area contributed by atoms with E-state index in [1.165, 1.54) is 29.4 Å². The summed E-state index contributed by atoms with van der Waals surface area (Å²) in [6.07, 6.45) is 4.48. The third-order valence-electron chi connectivity index (χ3n) is 5.63. The highest BCUT2D eigenvalue weighted by Gasteiger charge is 2.29. The monoisotopic (exact) mass is 437 g/mol. The number of nitrogens with one attached hydrogen (secondary N) is 1. The number of furan rings is 1. The van der Waals surface area contributed by atoms with Gasteiger partial charge in [-0.25, -0.2) is 4.98 Å². The Morgan fingerprint density at radius 3 is 2.65 bits per heavy atom. The summed E-state index contributed by atoms with van der Waals surface area (Å²) in [6, 6.07) is 10.0. The lowest BCUT2D eigenvalue weighted by molar-refractivity contribution is -0.121. The number of amides is 2. The summed E-state index contributed by atoms with van der Waals surface area (Å²) in [5.74, 6) is -0.432. The van der Waals surface area contributed by atoms with E-state index in [1.807, 2.05) is 5.38 Å². The first-order chi connectivity index (χ1) is 14.8. The number of carbonyl (C=O) groups is 2. The molecule has 0 spiro atoms. The van der Waals surface area contributed by atoms with Gasteiger partial charge in [0.2, 0.25) is 5.91 Å². The molecule has 0 saturated carbocycles. The molecule has 1 aliphatic heterocycles. The van der Waals surface area contributed by atoms with Crippen molar-refractivity contribution in [1.29, 1.82) is 0 Å². The fourth-order valence-corrected chi connectivity index (χ4v) is 4.48. The van der Waals surface area contributed by atoms with E-state index in [1.54, 1.807) is 11.0 Å². The van der Waals surface area contributed by atoms with Crippen LogP contribution in [-0.2, 0) is 10.2 Å². The van der Waals surface area contributed by atoms with Gasteiger partial charge in [-0.3, -0.25) is 9.59 Å². The highest BCUT2D eigenvalue weighted by Crippen LogP contribution is 2.29. The van der Waals surface area contributed by atoms with E-state index in [-0.39, 0.29) is 23.1 Å². The van der Waals surface area contributed by atoms with Crippen molar-refractivity contribution in [2.24, 2.45) is 5.92 Å². The number of hydrogen-bond acceptors (Lipinski definition) is 5. The summed E-state index contributed by atoms with van der Waals surface area (Å²) in [7, 11) is 0. The maximum Gasteiger partial charge on any atom is 0.257 e. The smallest absolute Gasteiger partial charge is 0.257 e. The number of aromatic nitrogens is 1. The molecule has 0 radical (unpaired) electrons. The van der Waals surface area contributed by atoms with Crippen molar-refractivity contribution < 1.29 is 14.0 Å². The van der Waals surface area contributed by atoms with E-state index in [4.69, 9.17) is 4.42 Å². The Morgan fingerprint density at radius 2 is 1.97 bits per heavy atom. The van der Waals surface area contributed by atoms with Crippen LogP contribution in [0.5, 0.6) is 0 Å². The molecule has 2 amide bonds. The highest BCUT2D eigenvalue weighted by atomic mass is 32.1. The minimum Gasteiger partial charge on any atom is -0.472 e. The molecule has 1 aromatic carbocycles. The van der Waals surface area contributed by atoms with Gasteiger partial charge in [-0.15, -0.1) is 11.3 Å². The SMILES string of the molecule is CC(C)(C)c1ccc(-c2csc(NC(=O)C3CCCN(C(=O)c4ccoc4)C3)n2)cc1. The molecule has 1 unspecified atom stereocenters. The van der Waals surface area contributed by atoms with Gasteiger partial charge in [0.05, 0.1) is 23.4 Å². The van der Waals surface area contributed by atoms with Crippen LogP contribution in [0.25, 0.3) is 11.3 Å². The van der Waals surface area contributed by atoms with Crippen molar-refractivity contribution in [3.63, 3.8) is 0 Å². The van der Waals surface area contributed by atoms with Crippen molar-refractivity contribution in [3.05, 3.63) is 59.4 Å². The molecule has 1 saturated heterocycles. The Balaban J connectivity index is 1.39. The van der Waals surface area contributed by atoms with E-state index < -0.39 is 0 Å². The molecule has 4 rings (SSSR count). The van der Waals surface area contributed by atoms with E-state index in [0.717, 1.165) is 24.1 Å². The molecule has 7 heteroatoms. The topological polar surface area (TPSA) is 75.4 Å². The van der Waals surface area contributed by atoms with Gasteiger partial charge >= 0.3 is 0 Å². The number of anilines is 1. The summed E-state index contributed by atoms with van der Waals surface area (Å²) in [5, 5.41) is 5.48. The fourth-order valence-electron chi connectivity index (χ4n) is 3.76. The molecule has 2 aromatic heterocycles. The molecule has 6 nitrogen and oxygen atoms in total. The molecular formula is C24H27N3O3S. The molecule has 1 N–H and O–H groups in total. The minimum absolute atomic E-state index is 0.0892. The number of hydrogen-bond donors (Lipinski definition) is 1. The van der Waals surface area contributed by atoms with Gasteiger partial charge in [0.1, 0.15) is 6.26 Å². The predicted octanol–water partition coefficient (Wildman–Crippen LogP) is 5.19. The van der Waals surface area contributed by atoms with Crippen LogP contribution in [0.3, 0.4) is 0 Å². The molecular weight excluding hydrogens is 410 g/mol. The number of likely N-dealkylation sites (tertiary alicyclic amines) is 1. The average Bonchev–Trinajstić information content (AvgIpc) is 3.45. The first-order valence-electron chi connectivity index (χ1n) is 10.5. The second kappa shape index (κ2) is 8.67. The standard InChI is InChI=1S/C24H27N3O3S/c1-24(2,3)19-8-6-16(7-9-19)20-15-31-23(25-20)26-21(28)17-5-4-11-27(13-17)22(29)18-10-12-30-14-18/h6-10,12,14-15,17H,4-5,11,13H2,1-3H3,(H,25,26,28). The Hall–Kier alpha value is -2.93. The van der Waals surface area contributed by atoms with Crippen LogP contribution in [0.1, 0.15) is 49.5 Å². The number of benzene rings is 1. The zero-order chi connectivity index (χ0) is 22.0. The van der Waals surface area contributed by atoms with Crippen LogP contribution < -0.4 is 5.32 Å². The summed E-state index contributed by atoms with van der Waals surface area (Å²) in [4.78, 5) is 31.7. The number of carbonyl (C=O) groups excluding carboxylic acids is 2. The zero-order valence-electron chi connectivity index (χ0n) is 18.1. The first kappa shape index (κ1) is 21.3. The van der Waals surface area contributed by atoms with Gasteiger partial charge in [0, 0.05) is 24.0 Å². The number of nitrogens with zero attached hydrogens (tertiary/aromatic N) is 2. The summed E-state index contributed by atoms with van der Waals surface area (Å²) in [6.45, 7) is 7.62. The lowest BCUT2D eigenvalue weighted by atomic mass is 9.86. The van der Waals surface area contributed by atoms with Crippen molar-refractivity contribution in [3.8, 4) is 11.3 Å². The Morgan fingerprint density at radius 1 is 1.19 bits per heavy atom. The summed E-state index contributed by atoms with van der Waals surface area (Å²) < 4.78 is 5.01. The quantitative estimate of drug-likeness (QED) is 0.609. The van der Waals surface area contributed by atoms with Crippen molar-refractivity contribution in [1.82, 2.24) is 9.88 Å². The molecule has 0 aliphatic carbocycles. The largest absolute Gasteiger partial charge is 0.472 e. The number of rotatable bonds is 4. The molecule has 3 heterocycles. The average molecular weight is 438 g/mol. The van der Waals surface area contributed by atoms with Gasteiger partial charge in [-0.2, -0.15) is 0 Å². The predicted molar refractivity (Wildman–Crippen MR) is 122 cm³/mol. The third-order valence-corrected chi connectivity index (χ3v) is 6.39. The molecule has 3 aromatic rings. The lowest BCUT2D eigenvalue weighted by Gasteiger charge is -2.31. The maximum absolute atomic E-state index is 12.8. The van der Waals surface area contributed by atoms with Crippen LogP contribution in [0.15, 0.2) is 52.7 Å². The third kappa shape index (κ3) is 4.88. The molecule has 1 fully saturated rings. The van der Waals surface area contributed by atoms with E-state index in [2.05, 4.69) is 55.3 Å². The van der Waals surface area contributed by atoms with Gasteiger partial charge < -0.3 is 14.6 Å². The Bertz CT molecular complexity index is 1050. The van der Waals surface area contributed by atoms with E-state index >= 15 is 0 Å². The van der Waals surface area contributed by atoms with Gasteiger partial charge in [0.15, 0.2) is 5.13 Å². The number of piperidine rings is 1. The molecule has 1 aliphatic rings. The lowest BCUT2D eigenvalue weighted by Crippen LogP contribution is -2.43. The van der Waals surface area contributed by atoms with E-state index in [9.17, 15) is 9.59 Å². The second-order valence-electron chi connectivity index (χ2n) is 8.96. The van der Waals surface area contributed by atoms with E-state index in [0.29, 0.717) is 23.8 Å². The van der Waals surface area contributed by atoms with Crippen LogP contribution >= 0.6 is 11.3 Å². The molecule has 162 valence electrons. The summed E-state index contributed by atoms with van der Waals surface area (Å²) in [5.41, 5.74) is 3.77. The summed E-state index contributed by atoms with van der Waals surface area (Å²) >= 11 is 1.42. The highest BCUT2D eigenvalue weighted by molar-refractivity contribution is 7.14. The maximum atomic E-state index is 12.8. The Labute approximate surface area is 186 Å². The van der Waals surface area contributed by atoms with Gasteiger partial charge in [-0.1, -0.05) is 45.0 Å². The van der Waals surface area contributed by atoms with Crippen LogP contribution in [0.2, 0.25) is 0 Å². The zero-order valence-corrected chi connectivity index (χ0v) is 18.9. The molecule has 31 heavy (non-hydrogen) atoms. The minimum atomic E-state index is -0.247. The van der Waals surface area contributed by atoms with Crippen molar-refractivity contribution >= 4 is 28.3 Å². The van der Waals surface area contributed by atoms with Crippen molar-refractivity contribution in [2.45, 2.75) is 39.0 Å². The van der Waals surface area contributed by atoms with Gasteiger partial charge in [-0.05, 0) is 29.9 Å². The normalized spacial score (nSPS) is 16.9. The van der Waals surface area contributed by atoms with Crippen LogP contribution in [-0.4, -0.2) is 34.8 Å². The van der Waals surface area contributed by atoms with Gasteiger partial charge in [0.25, 0.3) is 5.91 Å². The second-order valence-corrected chi connectivity index (χ2v) is 9.81. The Kier molecular flexibility index (Phi) is 5.96. The number of thiazole rings is 1. The van der Waals surface area contributed by atoms with Crippen LogP contribution in [0, 0.1) is 5.92 Å². The molecule has 0 bridgehead atoms. The fraction of sp³-hybridized carbons (Fsp3) is 0.375.